The fourth-order valence-electron chi connectivity index (χ4n) is 2.77. The number of para-hydroxylation sites is 3. The molecule has 3 aromatic carbocycles. The van der Waals surface area contributed by atoms with Crippen LogP contribution in [0.15, 0.2) is 141 Å². The number of thiophene rings is 3. The first kappa shape index (κ1) is 56.5. The van der Waals surface area contributed by atoms with Gasteiger partial charge in [-0.15, -0.1) is 0 Å². The molecule has 0 fully saturated rings. The van der Waals surface area contributed by atoms with Crippen molar-refractivity contribution >= 4 is 34.0 Å². The Bertz CT molecular complexity index is 1180. The van der Waals surface area contributed by atoms with E-state index in [0.29, 0.717) is 17.2 Å². The SMILES string of the molecule is C.C.C.CCC.CCC.CCc1ccsc1.CCc1ccsc1.CCc1ccsc1.Oc1ccccc1.Oc1ccccc1.Oc1ccccc1. The van der Waals surface area contributed by atoms with Crippen LogP contribution in [-0.4, -0.2) is 15.3 Å². The van der Waals surface area contributed by atoms with E-state index in [1.807, 2.05) is 18.2 Å². The van der Waals surface area contributed by atoms with Gasteiger partial charge in [-0.1, -0.05) is 138 Å². The summed E-state index contributed by atoms with van der Waals surface area (Å²) >= 11 is 5.29. The van der Waals surface area contributed by atoms with E-state index in [0.717, 1.165) is 0 Å². The summed E-state index contributed by atoms with van der Waals surface area (Å²) in [6, 6.07) is 32.6. The van der Waals surface area contributed by atoms with Crippen LogP contribution in [0.5, 0.6) is 17.2 Å². The molecule has 6 aromatic rings. The quantitative estimate of drug-likeness (QED) is 0.169. The molecule has 51 heavy (non-hydrogen) atoms. The topological polar surface area (TPSA) is 60.7 Å². The van der Waals surface area contributed by atoms with Gasteiger partial charge in [-0.3, -0.25) is 0 Å². The number of benzene rings is 3. The molecule has 0 spiro atoms. The van der Waals surface area contributed by atoms with Gasteiger partial charge >= 0.3 is 0 Å². The molecule has 3 heterocycles. The van der Waals surface area contributed by atoms with Crippen molar-refractivity contribution in [1.29, 1.82) is 0 Å². The lowest BCUT2D eigenvalue weighted by molar-refractivity contribution is 0.475. The summed E-state index contributed by atoms with van der Waals surface area (Å²) in [5.74, 6) is 0.965. The van der Waals surface area contributed by atoms with Crippen LogP contribution in [0, 0.1) is 0 Å². The van der Waals surface area contributed by atoms with Crippen molar-refractivity contribution in [1.82, 2.24) is 0 Å². The smallest absolute Gasteiger partial charge is 0.115 e. The van der Waals surface area contributed by atoms with Crippen molar-refractivity contribution in [2.75, 3.05) is 0 Å². The molecular formula is C45H70O3S3. The molecular weight excluding hydrogens is 685 g/mol. The lowest BCUT2D eigenvalue weighted by atomic mass is 10.3. The summed E-state index contributed by atoms with van der Waals surface area (Å²) in [7, 11) is 0. The maximum Gasteiger partial charge on any atom is 0.115 e. The van der Waals surface area contributed by atoms with Gasteiger partial charge in [0.25, 0.3) is 0 Å². The van der Waals surface area contributed by atoms with Gasteiger partial charge in [-0.2, -0.15) is 34.0 Å². The molecule has 0 atom stereocenters. The van der Waals surface area contributed by atoms with Crippen LogP contribution in [0.1, 0.15) is 100 Å². The minimum atomic E-state index is 0. The summed E-state index contributed by atoms with van der Waals surface area (Å²) in [5, 5.41) is 38.8. The van der Waals surface area contributed by atoms with Crippen LogP contribution >= 0.6 is 34.0 Å². The molecule has 0 aliphatic rings. The average Bonchev–Trinajstić information content (AvgIpc) is 3.93. The van der Waals surface area contributed by atoms with E-state index in [1.54, 1.807) is 107 Å². The highest BCUT2D eigenvalue weighted by atomic mass is 32.1. The van der Waals surface area contributed by atoms with Crippen molar-refractivity contribution < 1.29 is 15.3 Å². The third kappa shape index (κ3) is 40.5. The molecule has 0 saturated carbocycles. The minimum absolute atomic E-state index is 0. The van der Waals surface area contributed by atoms with Crippen LogP contribution < -0.4 is 0 Å². The van der Waals surface area contributed by atoms with Crippen molar-refractivity contribution in [3.8, 4) is 17.2 Å². The number of aromatic hydroxyl groups is 3. The molecule has 0 saturated heterocycles. The maximum atomic E-state index is 8.63. The van der Waals surface area contributed by atoms with Crippen molar-refractivity contribution in [2.45, 2.75) is 103 Å². The second-order valence-electron chi connectivity index (χ2n) is 9.88. The number of hydrogen-bond acceptors (Lipinski definition) is 6. The van der Waals surface area contributed by atoms with Gasteiger partial charge in [-0.25, -0.2) is 0 Å². The second kappa shape index (κ2) is 44.2. The molecule has 286 valence electrons. The normalized spacial score (nSPS) is 8.06. The Morgan fingerprint density at radius 3 is 0.627 bits per heavy atom. The predicted octanol–water partition coefficient (Wildman–Crippen LogP) is 15.8. The summed E-state index contributed by atoms with van der Waals surface area (Å²) < 4.78 is 0. The Morgan fingerprint density at radius 2 is 0.549 bits per heavy atom. The molecule has 3 aromatic heterocycles. The zero-order chi connectivity index (χ0) is 36.1. The van der Waals surface area contributed by atoms with E-state index in [9.17, 15) is 0 Å². The van der Waals surface area contributed by atoms with E-state index in [4.69, 9.17) is 15.3 Å². The fourth-order valence-corrected chi connectivity index (χ4v) is 5.02. The molecule has 0 bridgehead atoms. The van der Waals surface area contributed by atoms with Crippen LogP contribution in [-0.2, 0) is 19.3 Å². The zero-order valence-electron chi connectivity index (χ0n) is 30.0. The molecule has 0 aliphatic heterocycles. The highest BCUT2D eigenvalue weighted by Crippen LogP contribution is 2.07. The van der Waals surface area contributed by atoms with E-state index in [2.05, 4.69) is 98.9 Å². The second-order valence-corrected chi connectivity index (χ2v) is 12.2. The number of hydrogen-bond donors (Lipinski definition) is 3. The van der Waals surface area contributed by atoms with Gasteiger partial charge in [0.2, 0.25) is 0 Å². The summed E-state index contributed by atoms with van der Waals surface area (Å²) in [5.41, 5.74) is 4.35. The molecule has 0 unspecified atom stereocenters. The Balaban J connectivity index is -0.000000159. The average molecular weight is 755 g/mol. The number of aryl methyl sites for hydroxylation is 3. The van der Waals surface area contributed by atoms with Crippen LogP contribution in [0.4, 0.5) is 0 Å². The van der Waals surface area contributed by atoms with Gasteiger partial charge < -0.3 is 15.3 Å². The van der Waals surface area contributed by atoms with Crippen molar-refractivity contribution in [3.63, 3.8) is 0 Å². The summed E-state index contributed by atoms with van der Waals surface area (Å²) in [6.07, 6.45) is 6.01. The van der Waals surface area contributed by atoms with Gasteiger partial charge in [0, 0.05) is 0 Å². The van der Waals surface area contributed by atoms with Crippen LogP contribution in [0.2, 0.25) is 0 Å². The molecule has 0 radical (unpaired) electrons. The highest BCUT2D eigenvalue weighted by Gasteiger charge is 1.84. The van der Waals surface area contributed by atoms with Crippen molar-refractivity contribution in [3.05, 3.63) is 158 Å². The Labute approximate surface area is 326 Å². The molecule has 3 nitrogen and oxygen atoms in total. The highest BCUT2D eigenvalue weighted by molar-refractivity contribution is 7.08. The first-order valence-corrected chi connectivity index (χ1v) is 19.4. The molecule has 0 amide bonds. The Hall–Kier alpha value is -3.84. The lowest BCUT2D eigenvalue weighted by Gasteiger charge is -1.82. The minimum Gasteiger partial charge on any atom is -0.508 e. The van der Waals surface area contributed by atoms with Crippen molar-refractivity contribution in [2.24, 2.45) is 0 Å². The third-order valence-electron chi connectivity index (χ3n) is 5.23. The Kier molecular flexibility index (Phi) is 49.0. The van der Waals surface area contributed by atoms with Gasteiger partial charge in [0.15, 0.2) is 0 Å². The summed E-state index contributed by atoms with van der Waals surface area (Å²) in [4.78, 5) is 0. The van der Waals surface area contributed by atoms with Gasteiger partial charge in [0.1, 0.15) is 17.2 Å². The standard InChI is InChI=1S/3C6H6O.3C6H8S.2C3H8.3CH4/c3*7-6-4-2-1-3-5-6;3*1-2-6-3-4-7-5-6;2*1-3-2;;;/h3*1-5,7H;3*3-5H,2H2,1H3;2*3H2,1-2H3;3*1H4. The fraction of sp³-hybridized carbons (Fsp3) is 0.333. The van der Waals surface area contributed by atoms with E-state index >= 15 is 0 Å². The first-order chi connectivity index (χ1) is 23.3. The first-order valence-electron chi connectivity index (χ1n) is 16.6. The largest absolute Gasteiger partial charge is 0.508 e. The number of phenolic OH excluding ortho intramolecular Hbond substituents is 3. The number of phenols is 3. The van der Waals surface area contributed by atoms with E-state index in [-0.39, 0.29) is 22.3 Å². The monoisotopic (exact) mass is 754 g/mol. The van der Waals surface area contributed by atoms with E-state index < -0.39 is 0 Å². The molecule has 6 rings (SSSR count). The molecule has 6 heteroatoms. The van der Waals surface area contributed by atoms with Crippen LogP contribution in [0.25, 0.3) is 0 Å². The maximum absolute atomic E-state index is 8.63. The van der Waals surface area contributed by atoms with Gasteiger partial charge in [-0.05, 0) is 123 Å². The van der Waals surface area contributed by atoms with Crippen LogP contribution in [0.3, 0.4) is 0 Å². The molecule has 3 N–H and O–H groups in total. The third-order valence-corrected chi connectivity index (χ3v) is 7.43. The summed E-state index contributed by atoms with van der Waals surface area (Å²) in [6.45, 7) is 15.0. The number of rotatable bonds is 3. The molecule has 0 aliphatic carbocycles. The Morgan fingerprint density at radius 1 is 0.353 bits per heavy atom. The van der Waals surface area contributed by atoms with Gasteiger partial charge in [0.05, 0.1) is 0 Å². The lowest BCUT2D eigenvalue weighted by Crippen LogP contribution is -1.66. The zero-order valence-corrected chi connectivity index (χ0v) is 32.4. The predicted molar refractivity (Wildman–Crippen MR) is 238 cm³/mol. The van der Waals surface area contributed by atoms with E-state index in [1.165, 1.54) is 48.8 Å².